The van der Waals surface area contributed by atoms with E-state index in [0.29, 0.717) is 42.7 Å². The number of esters is 1. The molecule has 3 aromatic carbocycles. The van der Waals surface area contributed by atoms with Gasteiger partial charge in [0.2, 0.25) is 5.90 Å². The average molecular weight is 649 g/mol. The molecule has 4 rings (SSSR count). The average Bonchev–Trinajstić information content (AvgIpc) is 3.14. The smallest absolute Gasteiger partial charge is 0.363 e. The molecule has 0 aliphatic carbocycles. The molecule has 0 saturated carbocycles. The fraction of sp³-hybridized carbons (Fsp3) is 0.0833. The van der Waals surface area contributed by atoms with E-state index in [-0.39, 0.29) is 18.2 Å². The minimum atomic E-state index is -0.588. The van der Waals surface area contributed by atoms with Gasteiger partial charge in [-0.05, 0) is 82.3 Å². The zero-order valence-electron chi connectivity index (χ0n) is 17.4. The molecular formula is C24H14Cl4INO4. The first kappa shape index (κ1) is 25.1. The lowest BCUT2D eigenvalue weighted by Crippen LogP contribution is -2.06. The van der Waals surface area contributed by atoms with Gasteiger partial charge in [-0.3, -0.25) is 0 Å². The summed E-state index contributed by atoms with van der Waals surface area (Å²) >= 11 is 26.3. The number of nitrogens with zero attached hydrogens (tertiary/aromatic N) is 1. The van der Waals surface area contributed by atoms with Crippen LogP contribution in [0.4, 0.5) is 0 Å². The van der Waals surface area contributed by atoms with E-state index in [1.54, 1.807) is 42.5 Å². The highest BCUT2D eigenvalue weighted by atomic mass is 127. The standard InChI is InChI=1S/C24H14Cl4INO4/c1-32-21-9-13(7-19(29)22(21)33-11-12-2-5-16(26)18(28)6-12)8-20-24(31)34-23(30-20)15-4-3-14(25)10-17(15)27/h2-10H,11H2,1H3/b20-8-. The Bertz CT molecular complexity index is 1360. The molecule has 0 atom stereocenters. The van der Waals surface area contributed by atoms with Crippen molar-refractivity contribution in [3.63, 3.8) is 0 Å². The lowest BCUT2D eigenvalue weighted by atomic mass is 10.1. The van der Waals surface area contributed by atoms with Crippen molar-refractivity contribution in [1.82, 2.24) is 0 Å². The van der Waals surface area contributed by atoms with Crippen molar-refractivity contribution in [3.8, 4) is 11.5 Å². The Morgan fingerprint density at radius 2 is 1.79 bits per heavy atom. The summed E-state index contributed by atoms with van der Waals surface area (Å²) in [5.74, 6) is 0.577. The summed E-state index contributed by atoms with van der Waals surface area (Å²) in [6.45, 7) is 0.269. The normalized spacial score (nSPS) is 14.2. The Morgan fingerprint density at radius 1 is 1.00 bits per heavy atom. The van der Waals surface area contributed by atoms with E-state index in [1.165, 1.54) is 7.11 Å². The first-order valence-electron chi connectivity index (χ1n) is 9.67. The Labute approximate surface area is 229 Å². The molecular weight excluding hydrogens is 635 g/mol. The van der Waals surface area contributed by atoms with Crippen LogP contribution >= 0.6 is 69.0 Å². The number of carbonyl (C=O) groups is 1. The Hall–Kier alpha value is -1.97. The topological polar surface area (TPSA) is 57.1 Å². The van der Waals surface area contributed by atoms with Gasteiger partial charge in [-0.2, -0.15) is 0 Å². The number of methoxy groups -OCH3 is 1. The summed E-state index contributed by atoms with van der Waals surface area (Å²) < 4.78 is 17.6. The van der Waals surface area contributed by atoms with Crippen molar-refractivity contribution in [2.45, 2.75) is 6.61 Å². The van der Waals surface area contributed by atoms with Crippen LogP contribution in [-0.4, -0.2) is 19.0 Å². The summed E-state index contributed by atoms with van der Waals surface area (Å²) in [6.07, 6.45) is 1.60. The SMILES string of the molecule is COc1cc(/C=C2\N=C(c3ccc(Cl)cc3Cl)OC2=O)cc(I)c1OCc1ccc(Cl)c(Cl)c1. The molecule has 5 nitrogen and oxygen atoms in total. The van der Waals surface area contributed by atoms with Crippen LogP contribution in [0.1, 0.15) is 16.7 Å². The number of halogens is 5. The van der Waals surface area contributed by atoms with Gasteiger partial charge in [-0.25, -0.2) is 9.79 Å². The number of hydrogen-bond donors (Lipinski definition) is 0. The highest BCUT2D eigenvalue weighted by molar-refractivity contribution is 14.1. The second-order valence-corrected chi connectivity index (χ2v) is 9.85. The van der Waals surface area contributed by atoms with Gasteiger partial charge in [-0.15, -0.1) is 0 Å². The van der Waals surface area contributed by atoms with Crippen LogP contribution in [0.2, 0.25) is 20.1 Å². The molecule has 3 aromatic rings. The molecule has 1 aliphatic heterocycles. The number of cyclic esters (lactones) is 1. The molecule has 0 bridgehead atoms. The van der Waals surface area contributed by atoms with E-state index in [1.807, 2.05) is 12.1 Å². The number of aliphatic imine (C=N–C) groups is 1. The van der Waals surface area contributed by atoms with Gasteiger partial charge in [0.05, 0.1) is 31.3 Å². The van der Waals surface area contributed by atoms with Crippen molar-refractivity contribution in [2.24, 2.45) is 4.99 Å². The molecule has 1 aliphatic rings. The molecule has 1 heterocycles. The van der Waals surface area contributed by atoms with Crippen molar-refractivity contribution in [2.75, 3.05) is 7.11 Å². The number of ether oxygens (including phenoxy) is 3. The van der Waals surface area contributed by atoms with Crippen LogP contribution in [0.15, 0.2) is 59.2 Å². The molecule has 0 unspecified atom stereocenters. The second kappa shape index (κ2) is 10.7. The molecule has 0 amide bonds. The Balaban J connectivity index is 1.60. The predicted molar refractivity (Wildman–Crippen MR) is 144 cm³/mol. The van der Waals surface area contributed by atoms with Crippen LogP contribution in [-0.2, 0) is 16.1 Å². The van der Waals surface area contributed by atoms with Crippen LogP contribution < -0.4 is 9.47 Å². The molecule has 10 heteroatoms. The van der Waals surface area contributed by atoms with Crippen LogP contribution in [0.25, 0.3) is 6.08 Å². The van der Waals surface area contributed by atoms with Gasteiger partial charge >= 0.3 is 5.97 Å². The van der Waals surface area contributed by atoms with Gasteiger partial charge in [0.1, 0.15) is 6.61 Å². The molecule has 0 spiro atoms. The van der Waals surface area contributed by atoms with E-state index in [2.05, 4.69) is 27.6 Å². The third-order valence-electron chi connectivity index (χ3n) is 4.70. The summed E-state index contributed by atoms with van der Waals surface area (Å²) in [7, 11) is 1.54. The fourth-order valence-corrected chi connectivity index (χ4v) is 4.68. The second-order valence-electron chi connectivity index (χ2n) is 7.03. The van der Waals surface area contributed by atoms with Gasteiger partial charge in [-0.1, -0.05) is 52.5 Å². The van der Waals surface area contributed by atoms with E-state index >= 15 is 0 Å². The summed E-state index contributed by atoms with van der Waals surface area (Å²) in [5.41, 5.74) is 2.14. The van der Waals surface area contributed by atoms with E-state index in [9.17, 15) is 4.79 Å². The number of hydrogen-bond acceptors (Lipinski definition) is 5. The zero-order chi connectivity index (χ0) is 24.4. The molecule has 0 fully saturated rings. The maximum absolute atomic E-state index is 12.4. The third-order valence-corrected chi connectivity index (χ3v) is 6.79. The lowest BCUT2D eigenvalue weighted by molar-refractivity contribution is -0.129. The van der Waals surface area contributed by atoms with Crippen LogP contribution in [0.3, 0.4) is 0 Å². The van der Waals surface area contributed by atoms with Gasteiger partial charge in [0, 0.05) is 5.02 Å². The van der Waals surface area contributed by atoms with Gasteiger partial charge in [0.15, 0.2) is 17.2 Å². The van der Waals surface area contributed by atoms with E-state index < -0.39 is 5.97 Å². The van der Waals surface area contributed by atoms with E-state index in [4.69, 9.17) is 60.6 Å². The Kier molecular flexibility index (Phi) is 7.94. The predicted octanol–water partition coefficient (Wildman–Crippen LogP) is 7.84. The van der Waals surface area contributed by atoms with Crippen LogP contribution in [0.5, 0.6) is 11.5 Å². The van der Waals surface area contributed by atoms with Crippen molar-refractivity contribution in [3.05, 3.63) is 94.6 Å². The minimum Gasteiger partial charge on any atom is -0.493 e. The van der Waals surface area contributed by atoms with E-state index in [0.717, 1.165) is 9.13 Å². The summed E-state index contributed by atoms with van der Waals surface area (Å²) in [4.78, 5) is 16.7. The quantitative estimate of drug-likeness (QED) is 0.155. The number of carbonyl (C=O) groups excluding carboxylic acids is 1. The molecule has 0 saturated heterocycles. The molecule has 0 N–H and O–H groups in total. The summed E-state index contributed by atoms with van der Waals surface area (Å²) in [6, 6.07) is 13.7. The van der Waals surface area contributed by atoms with Gasteiger partial charge in [0.25, 0.3) is 0 Å². The van der Waals surface area contributed by atoms with Crippen molar-refractivity contribution in [1.29, 1.82) is 0 Å². The first-order chi connectivity index (χ1) is 16.2. The van der Waals surface area contributed by atoms with Crippen molar-refractivity contribution >= 4 is 86.9 Å². The van der Waals surface area contributed by atoms with Crippen LogP contribution in [0, 0.1) is 3.57 Å². The monoisotopic (exact) mass is 647 g/mol. The number of rotatable bonds is 6. The third kappa shape index (κ3) is 5.63. The first-order valence-corrected chi connectivity index (χ1v) is 12.3. The molecule has 0 aromatic heterocycles. The lowest BCUT2D eigenvalue weighted by Gasteiger charge is -2.14. The maximum atomic E-state index is 12.4. The van der Waals surface area contributed by atoms with Crippen molar-refractivity contribution < 1.29 is 19.0 Å². The zero-order valence-corrected chi connectivity index (χ0v) is 22.6. The molecule has 34 heavy (non-hydrogen) atoms. The van der Waals surface area contributed by atoms with Gasteiger partial charge < -0.3 is 14.2 Å². The molecule has 174 valence electrons. The minimum absolute atomic E-state index is 0.112. The highest BCUT2D eigenvalue weighted by Crippen LogP contribution is 2.36. The number of benzene rings is 3. The largest absolute Gasteiger partial charge is 0.493 e. The summed E-state index contributed by atoms with van der Waals surface area (Å²) in [5, 5.41) is 1.73. The molecule has 0 radical (unpaired) electrons. The highest BCUT2D eigenvalue weighted by Gasteiger charge is 2.26. The fourth-order valence-electron chi connectivity index (χ4n) is 3.09. The maximum Gasteiger partial charge on any atom is 0.363 e. The Morgan fingerprint density at radius 3 is 2.50 bits per heavy atom.